The SMILES string of the molecule is O=[N+]([O-])c1ccc(N=Nc2nc(-c3ccccc3)oc2O)cc1. The fourth-order valence-corrected chi connectivity index (χ4v) is 1.82. The number of aromatic hydroxyl groups is 1. The highest BCUT2D eigenvalue weighted by atomic mass is 16.6. The van der Waals surface area contributed by atoms with Crippen LogP contribution in [-0.2, 0) is 0 Å². The fraction of sp³-hybridized carbons (Fsp3) is 0. The van der Waals surface area contributed by atoms with Gasteiger partial charge in [0.1, 0.15) is 0 Å². The first-order valence-electron chi connectivity index (χ1n) is 6.55. The smallest absolute Gasteiger partial charge is 0.332 e. The first-order chi connectivity index (χ1) is 11.1. The summed E-state index contributed by atoms with van der Waals surface area (Å²) in [6, 6.07) is 14.5. The third kappa shape index (κ3) is 3.21. The molecule has 0 amide bonds. The molecule has 0 spiro atoms. The number of nitro benzene ring substituents is 1. The second-order valence-electron chi connectivity index (χ2n) is 4.49. The van der Waals surface area contributed by atoms with E-state index in [0.29, 0.717) is 11.3 Å². The minimum atomic E-state index is -0.503. The Morgan fingerprint density at radius 1 is 1.04 bits per heavy atom. The maximum absolute atomic E-state index is 10.6. The number of nitro groups is 1. The van der Waals surface area contributed by atoms with E-state index in [1.807, 2.05) is 18.2 Å². The number of hydrogen-bond acceptors (Lipinski definition) is 7. The van der Waals surface area contributed by atoms with E-state index >= 15 is 0 Å². The maximum atomic E-state index is 10.6. The predicted molar refractivity (Wildman–Crippen MR) is 80.9 cm³/mol. The number of hydrogen-bond donors (Lipinski definition) is 1. The molecule has 2 aromatic carbocycles. The van der Waals surface area contributed by atoms with Gasteiger partial charge in [0.05, 0.1) is 10.6 Å². The minimum Gasteiger partial charge on any atom is -0.478 e. The normalized spacial score (nSPS) is 11.0. The molecule has 1 N–H and O–H groups in total. The molecule has 0 saturated carbocycles. The molecule has 23 heavy (non-hydrogen) atoms. The first-order valence-corrected chi connectivity index (χ1v) is 6.55. The quantitative estimate of drug-likeness (QED) is 0.436. The molecule has 1 aromatic heterocycles. The van der Waals surface area contributed by atoms with Gasteiger partial charge in [0, 0.05) is 17.7 Å². The molecule has 3 aromatic rings. The van der Waals surface area contributed by atoms with Crippen molar-refractivity contribution in [3.63, 3.8) is 0 Å². The van der Waals surface area contributed by atoms with Gasteiger partial charge in [0.25, 0.3) is 11.5 Å². The van der Waals surface area contributed by atoms with Crippen LogP contribution in [0.1, 0.15) is 0 Å². The first kappa shape index (κ1) is 14.4. The zero-order valence-corrected chi connectivity index (χ0v) is 11.7. The summed E-state index contributed by atoms with van der Waals surface area (Å²) in [7, 11) is 0. The summed E-state index contributed by atoms with van der Waals surface area (Å²) in [5.41, 5.74) is 1.04. The number of nitrogens with zero attached hydrogens (tertiary/aromatic N) is 4. The van der Waals surface area contributed by atoms with Gasteiger partial charge in [0.2, 0.25) is 5.89 Å². The molecule has 0 fully saturated rings. The topological polar surface area (TPSA) is 114 Å². The highest BCUT2D eigenvalue weighted by molar-refractivity contribution is 5.57. The van der Waals surface area contributed by atoms with Crippen LogP contribution < -0.4 is 0 Å². The van der Waals surface area contributed by atoms with Crippen LogP contribution in [0.4, 0.5) is 17.2 Å². The van der Waals surface area contributed by atoms with Gasteiger partial charge in [-0.3, -0.25) is 10.1 Å². The summed E-state index contributed by atoms with van der Waals surface area (Å²) in [4.78, 5) is 14.1. The molecule has 114 valence electrons. The molecule has 1 heterocycles. The number of aromatic nitrogens is 1. The summed E-state index contributed by atoms with van der Waals surface area (Å²) in [6.07, 6.45) is 0. The molecule has 0 aliphatic rings. The fourth-order valence-electron chi connectivity index (χ4n) is 1.82. The van der Waals surface area contributed by atoms with Gasteiger partial charge >= 0.3 is 5.95 Å². The highest BCUT2D eigenvalue weighted by Crippen LogP contribution is 2.33. The Kier molecular flexibility index (Phi) is 3.79. The highest BCUT2D eigenvalue weighted by Gasteiger charge is 2.13. The molecule has 3 rings (SSSR count). The van der Waals surface area contributed by atoms with E-state index in [0.717, 1.165) is 0 Å². The van der Waals surface area contributed by atoms with E-state index in [-0.39, 0.29) is 17.4 Å². The van der Waals surface area contributed by atoms with Gasteiger partial charge < -0.3 is 9.52 Å². The van der Waals surface area contributed by atoms with Crippen molar-refractivity contribution in [2.45, 2.75) is 0 Å². The van der Waals surface area contributed by atoms with Crippen molar-refractivity contribution in [3.05, 3.63) is 64.7 Å². The van der Waals surface area contributed by atoms with E-state index in [1.165, 1.54) is 24.3 Å². The van der Waals surface area contributed by atoms with Crippen LogP contribution in [0.15, 0.2) is 69.2 Å². The van der Waals surface area contributed by atoms with E-state index in [9.17, 15) is 15.2 Å². The van der Waals surface area contributed by atoms with Crippen LogP contribution >= 0.6 is 0 Å². The molecular weight excluding hydrogens is 300 g/mol. The van der Waals surface area contributed by atoms with Gasteiger partial charge in [-0.1, -0.05) is 18.2 Å². The van der Waals surface area contributed by atoms with Gasteiger partial charge in [-0.15, -0.1) is 10.2 Å². The Hall–Kier alpha value is -3.55. The lowest BCUT2D eigenvalue weighted by molar-refractivity contribution is -0.384. The van der Waals surface area contributed by atoms with Crippen molar-refractivity contribution < 1.29 is 14.4 Å². The average molecular weight is 310 g/mol. The number of rotatable bonds is 4. The lowest BCUT2D eigenvalue weighted by atomic mass is 10.2. The molecular formula is C15H10N4O4. The molecule has 0 radical (unpaired) electrons. The molecule has 8 nitrogen and oxygen atoms in total. The van der Waals surface area contributed by atoms with Gasteiger partial charge in [-0.25, -0.2) is 0 Å². The Labute approximate surface area is 129 Å². The number of non-ortho nitro benzene ring substituents is 1. The molecule has 0 unspecified atom stereocenters. The standard InChI is InChI=1S/C15H10N4O4/c20-15-13(16-14(23-15)10-4-2-1-3-5-10)18-17-11-6-8-12(9-7-11)19(21)22/h1-9,20H. The lowest BCUT2D eigenvalue weighted by Gasteiger charge is -1.92. The molecule has 0 bridgehead atoms. The summed E-state index contributed by atoms with van der Waals surface area (Å²) in [5, 5.41) is 27.9. The zero-order chi connectivity index (χ0) is 16.2. The van der Waals surface area contributed by atoms with Crippen molar-refractivity contribution >= 4 is 17.2 Å². The summed E-state index contributed by atoms with van der Waals surface area (Å²) in [5.74, 6) is -0.294. The molecule has 8 heteroatoms. The van der Waals surface area contributed by atoms with Crippen molar-refractivity contribution in [1.82, 2.24) is 4.98 Å². The number of benzene rings is 2. The lowest BCUT2D eigenvalue weighted by Crippen LogP contribution is -1.85. The Balaban J connectivity index is 1.82. The van der Waals surface area contributed by atoms with Crippen molar-refractivity contribution in [3.8, 4) is 17.4 Å². The van der Waals surface area contributed by atoms with Crippen molar-refractivity contribution in [1.29, 1.82) is 0 Å². The summed E-state index contributed by atoms with van der Waals surface area (Å²) in [6.45, 7) is 0. The van der Waals surface area contributed by atoms with Crippen LogP contribution in [0.5, 0.6) is 5.95 Å². The Morgan fingerprint density at radius 3 is 2.39 bits per heavy atom. The van der Waals surface area contributed by atoms with E-state index in [2.05, 4.69) is 15.2 Å². The minimum absolute atomic E-state index is 0.0420. The van der Waals surface area contributed by atoms with E-state index in [1.54, 1.807) is 12.1 Å². The van der Waals surface area contributed by atoms with Crippen LogP contribution in [0.2, 0.25) is 0 Å². The largest absolute Gasteiger partial charge is 0.478 e. The van der Waals surface area contributed by atoms with Crippen LogP contribution in [-0.4, -0.2) is 15.0 Å². The zero-order valence-electron chi connectivity index (χ0n) is 11.7. The van der Waals surface area contributed by atoms with Crippen LogP contribution in [0.25, 0.3) is 11.5 Å². The molecule has 0 aliphatic heterocycles. The molecule has 0 aliphatic carbocycles. The third-order valence-electron chi connectivity index (χ3n) is 2.93. The average Bonchev–Trinajstić information content (AvgIpc) is 2.95. The van der Waals surface area contributed by atoms with E-state index in [4.69, 9.17) is 4.42 Å². The Bertz CT molecular complexity index is 857. The second kappa shape index (κ2) is 6.06. The molecule has 0 atom stereocenters. The van der Waals surface area contributed by atoms with Crippen molar-refractivity contribution in [2.75, 3.05) is 0 Å². The number of oxazole rings is 1. The second-order valence-corrected chi connectivity index (χ2v) is 4.49. The summed E-state index contributed by atoms with van der Waals surface area (Å²) < 4.78 is 5.14. The van der Waals surface area contributed by atoms with Crippen molar-refractivity contribution in [2.24, 2.45) is 10.2 Å². The van der Waals surface area contributed by atoms with Crippen LogP contribution in [0, 0.1) is 10.1 Å². The van der Waals surface area contributed by atoms with Gasteiger partial charge in [-0.05, 0) is 24.3 Å². The summed E-state index contributed by atoms with van der Waals surface area (Å²) >= 11 is 0. The monoisotopic (exact) mass is 310 g/mol. The molecule has 0 saturated heterocycles. The number of azo groups is 1. The van der Waals surface area contributed by atoms with Gasteiger partial charge in [0.15, 0.2) is 0 Å². The predicted octanol–water partition coefficient (Wildman–Crippen LogP) is 4.37. The third-order valence-corrected chi connectivity index (χ3v) is 2.93. The van der Waals surface area contributed by atoms with Gasteiger partial charge in [-0.2, -0.15) is 4.98 Å². The van der Waals surface area contributed by atoms with E-state index < -0.39 is 10.9 Å². The Morgan fingerprint density at radius 2 is 1.74 bits per heavy atom. The van der Waals surface area contributed by atoms with Crippen LogP contribution in [0.3, 0.4) is 0 Å². The maximum Gasteiger partial charge on any atom is 0.332 e.